The first-order chi connectivity index (χ1) is 9.00. The number of nitrogens with two attached hydrogens (primary N) is 1. The molecule has 100 valence electrons. The summed E-state index contributed by atoms with van der Waals surface area (Å²) in [6.45, 7) is 2.12. The van der Waals surface area contributed by atoms with Gasteiger partial charge in [0, 0.05) is 18.8 Å². The maximum Gasteiger partial charge on any atom is 0.281 e. The molecule has 0 radical (unpaired) electrons. The number of non-ortho nitro benzene ring substituents is 1. The number of nitrogens with zero attached hydrogens (tertiary/aromatic N) is 2. The molecule has 1 aromatic heterocycles. The molecule has 1 heterocycles. The molecule has 7 heteroatoms. The van der Waals surface area contributed by atoms with Gasteiger partial charge in [-0.2, -0.15) is 0 Å². The number of nitro groups is 1. The summed E-state index contributed by atoms with van der Waals surface area (Å²) >= 11 is 0. The van der Waals surface area contributed by atoms with E-state index in [4.69, 9.17) is 5.73 Å². The van der Waals surface area contributed by atoms with Crippen LogP contribution in [0, 0.1) is 15.9 Å². The van der Waals surface area contributed by atoms with E-state index in [1.807, 2.05) is 0 Å². The molecule has 0 saturated heterocycles. The highest BCUT2D eigenvalue weighted by molar-refractivity contribution is 5.97. The topological polar surface area (TPSA) is 94.1 Å². The van der Waals surface area contributed by atoms with Gasteiger partial charge in [0.2, 0.25) is 0 Å². The smallest absolute Gasteiger partial charge is 0.281 e. The van der Waals surface area contributed by atoms with Crippen molar-refractivity contribution < 1.29 is 9.31 Å². The number of aromatic nitrogens is 1. The minimum atomic E-state index is -0.710. The van der Waals surface area contributed by atoms with E-state index in [1.54, 1.807) is 13.0 Å². The third-order valence-electron chi connectivity index (χ3n) is 2.62. The van der Waals surface area contributed by atoms with Crippen molar-refractivity contribution in [3.8, 4) is 0 Å². The van der Waals surface area contributed by atoms with Gasteiger partial charge in [0.15, 0.2) is 5.82 Å². The summed E-state index contributed by atoms with van der Waals surface area (Å²) in [6, 6.07) is 3.83. The summed E-state index contributed by atoms with van der Waals surface area (Å²) in [6.07, 6.45) is 1.46. The van der Waals surface area contributed by atoms with Crippen LogP contribution < -0.4 is 11.1 Å². The Labute approximate surface area is 108 Å². The SMILES string of the molecule is CC(N)CNc1c(F)cc([N+](=O)[O-])c2cccnc12. The van der Waals surface area contributed by atoms with Crippen molar-refractivity contribution in [1.82, 2.24) is 4.98 Å². The highest BCUT2D eigenvalue weighted by Crippen LogP contribution is 2.32. The van der Waals surface area contributed by atoms with Crippen molar-refractivity contribution >= 4 is 22.3 Å². The van der Waals surface area contributed by atoms with Gasteiger partial charge in [-0.1, -0.05) is 0 Å². The van der Waals surface area contributed by atoms with Gasteiger partial charge in [-0.15, -0.1) is 0 Å². The van der Waals surface area contributed by atoms with Crippen LogP contribution in [0.1, 0.15) is 6.92 Å². The molecule has 0 aliphatic carbocycles. The molecule has 1 atom stereocenters. The molecule has 1 unspecified atom stereocenters. The van der Waals surface area contributed by atoms with E-state index < -0.39 is 10.7 Å². The molecule has 0 bridgehead atoms. The molecule has 0 aliphatic rings. The van der Waals surface area contributed by atoms with Crippen LogP contribution in [0.3, 0.4) is 0 Å². The fourth-order valence-corrected chi connectivity index (χ4v) is 1.78. The summed E-state index contributed by atoms with van der Waals surface area (Å²) in [5.74, 6) is -0.710. The van der Waals surface area contributed by atoms with E-state index in [1.165, 1.54) is 12.3 Å². The maximum absolute atomic E-state index is 13.9. The van der Waals surface area contributed by atoms with Gasteiger partial charge in [-0.3, -0.25) is 15.1 Å². The Morgan fingerprint density at radius 2 is 2.37 bits per heavy atom. The minimum Gasteiger partial charge on any atom is -0.379 e. The van der Waals surface area contributed by atoms with E-state index in [9.17, 15) is 14.5 Å². The standard InChI is InChI=1S/C12H13FN4O2/c1-7(14)6-16-12-9(13)5-10(17(18)19)8-3-2-4-15-11(8)12/h2-5,7,16H,6,14H2,1H3. The first kappa shape index (κ1) is 13.2. The molecule has 0 amide bonds. The normalized spacial score (nSPS) is 12.4. The Morgan fingerprint density at radius 3 is 3.00 bits per heavy atom. The zero-order chi connectivity index (χ0) is 14.0. The van der Waals surface area contributed by atoms with Crippen LogP contribution >= 0.6 is 0 Å². The second-order valence-electron chi connectivity index (χ2n) is 4.27. The summed E-state index contributed by atoms with van der Waals surface area (Å²) in [7, 11) is 0. The first-order valence-electron chi connectivity index (χ1n) is 5.71. The number of nitrogens with one attached hydrogen (secondary N) is 1. The molecule has 2 rings (SSSR count). The lowest BCUT2D eigenvalue weighted by Crippen LogP contribution is -2.25. The van der Waals surface area contributed by atoms with E-state index >= 15 is 0 Å². The van der Waals surface area contributed by atoms with Gasteiger partial charge in [0.05, 0.1) is 22.1 Å². The van der Waals surface area contributed by atoms with E-state index in [2.05, 4.69) is 10.3 Å². The Balaban J connectivity index is 2.61. The number of rotatable bonds is 4. The third kappa shape index (κ3) is 2.60. The average molecular weight is 264 g/mol. The number of hydrogen-bond acceptors (Lipinski definition) is 5. The quantitative estimate of drug-likeness (QED) is 0.651. The van der Waals surface area contributed by atoms with E-state index in [0.717, 1.165) is 6.07 Å². The van der Waals surface area contributed by atoms with Crippen molar-refractivity contribution in [3.05, 3.63) is 40.3 Å². The van der Waals surface area contributed by atoms with Crippen molar-refractivity contribution in [3.63, 3.8) is 0 Å². The number of fused-ring (bicyclic) bond motifs is 1. The van der Waals surface area contributed by atoms with Gasteiger partial charge < -0.3 is 11.1 Å². The first-order valence-corrected chi connectivity index (χ1v) is 5.71. The lowest BCUT2D eigenvalue weighted by Gasteiger charge is -2.12. The number of halogens is 1. The predicted octanol–water partition coefficient (Wildman–Crippen LogP) is 2.04. The Hall–Kier alpha value is -2.28. The van der Waals surface area contributed by atoms with Crippen molar-refractivity contribution in [2.24, 2.45) is 5.73 Å². The number of pyridine rings is 1. The van der Waals surface area contributed by atoms with Gasteiger partial charge in [0.1, 0.15) is 5.52 Å². The molecule has 0 fully saturated rings. The summed E-state index contributed by atoms with van der Waals surface area (Å²) in [4.78, 5) is 14.3. The number of hydrogen-bond donors (Lipinski definition) is 2. The molecule has 3 N–H and O–H groups in total. The highest BCUT2D eigenvalue weighted by atomic mass is 19.1. The average Bonchev–Trinajstić information content (AvgIpc) is 2.36. The molecule has 19 heavy (non-hydrogen) atoms. The molecule has 6 nitrogen and oxygen atoms in total. The van der Waals surface area contributed by atoms with Crippen LogP contribution in [-0.4, -0.2) is 22.5 Å². The monoisotopic (exact) mass is 264 g/mol. The molecule has 0 aliphatic heterocycles. The van der Waals surface area contributed by atoms with Crippen LogP contribution in [0.15, 0.2) is 24.4 Å². The maximum atomic E-state index is 13.9. The van der Waals surface area contributed by atoms with E-state index in [0.29, 0.717) is 11.9 Å². The summed E-state index contributed by atoms with van der Waals surface area (Å²) < 4.78 is 13.9. The fourth-order valence-electron chi connectivity index (χ4n) is 1.78. The van der Waals surface area contributed by atoms with Crippen LogP contribution in [0.25, 0.3) is 10.9 Å². The Bertz CT molecular complexity index is 630. The number of nitro benzene ring substituents is 1. The van der Waals surface area contributed by atoms with Gasteiger partial charge >= 0.3 is 0 Å². The van der Waals surface area contributed by atoms with Crippen molar-refractivity contribution in [2.45, 2.75) is 13.0 Å². The predicted molar refractivity (Wildman–Crippen MR) is 70.5 cm³/mol. The Kier molecular flexibility index (Phi) is 3.57. The largest absolute Gasteiger partial charge is 0.379 e. The zero-order valence-corrected chi connectivity index (χ0v) is 10.3. The van der Waals surface area contributed by atoms with Crippen molar-refractivity contribution in [2.75, 3.05) is 11.9 Å². The second-order valence-corrected chi connectivity index (χ2v) is 4.27. The molecule has 1 aromatic carbocycles. The third-order valence-corrected chi connectivity index (χ3v) is 2.62. The van der Waals surface area contributed by atoms with Gasteiger partial charge in [0.25, 0.3) is 5.69 Å². The van der Waals surface area contributed by atoms with Crippen LogP contribution in [0.2, 0.25) is 0 Å². The molecular weight excluding hydrogens is 251 g/mol. The fraction of sp³-hybridized carbons (Fsp3) is 0.250. The number of anilines is 1. The van der Waals surface area contributed by atoms with Crippen molar-refractivity contribution in [1.29, 1.82) is 0 Å². The zero-order valence-electron chi connectivity index (χ0n) is 10.3. The summed E-state index contributed by atoms with van der Waals surface area (Å²) in [5, 5.41) is 14.0. The van der Waals surface area contributed by atoms with Gasteiger partial charge in [-0.05, 0) is 19.1 Å². The summed E-state index contributed by atoms with van der Waals surface area (Å²) in [5.41, 5.74) is 5.67. The van der Waals surface area contributed by atoms with Crippen LogP contribution in [0.5, 0.6) is 0 Å². The minimum absolute atomic E-state index is 0.138. The molecule has 0 saturated carbocycles. The highest BCUT2D eigenvalue weighted by Gasteiger charge is 2.19. The molecule has 0 spiro atoms. The van der Waals surface area contributed by atoms with Crippen LogP contribution in [-0.2, 0) is 0 Å². The number of benzene rings is 1. The van der Waals surface area contributed by atoms with Gasteiger partial charge in [-0.25, -0.2) is 4.39 Å². The lowest BCUT2D eigenvalue weighted by molar-refractivity contribution is -0.383. The molecule has 2 aromatic rings. The van der Waals surface area contributed by atoms with E-state index in [-0.39, 0.29) is 22.9 Å². The second kappa shape index (κ2) is 5.15. The molecular formula is C12H13FN4O2. The van der Waals surface area contributed by atoms with Crippen LogP contribution in [0.4, 0.5) is 15.8 Å². The lowest BCUT2D eigenvalue weighted by atomic mass is 10.1. The Morgan fingerprint density at radius 1 is 1.63 bits per heavy atom.